The minimum absolute atomic E-state index is 0. The van der Waals surface area contributed by atoms with Gasteiger partial charge in [-0.25, -0.2) is 0 Å². The normalized spacial score (nSPS) is 17.4. The molecule has 1 aliphatic rings. The molecule has 1 atom stereocenters. The lowest BCUT2D eigenvalue weighted by molar-refractivity contribution is -0.133. The van der Waals surface area contributed by atoms with E-state index in [1.54, 1.807) is 4.90 Å². The van der Waals surface area contributed by atoms with Crippen LogP contribution in [-0.4, -0.2) is 30.4 Å². The number of amides is 2. The summed E-state index contributed by atoms with van der Waals surface area (Å²) in [4.78, 5) is 27.1. The number of hydrogen-bond donors (Lipinski definition) is 2. The molecule has 0 aliphatic carbocycles. The van der Waals surface area contributed by atoms with Crippen LogP contribution in [0.4, 0.5) is 5.69 Å². The number of nitrogens with one attached hydrogen (secondary N) is 1. The summed E-state index contributed by atoms with van der Waals surface area (Å²) in [5.74, 6) is -0.925. The molecule has 0 saturated carbocycles. The zero-order valence-electron chi connectivity index (χ0n) is 15.6. The van der Waals surface area contributed by atoms with Crippen molar-refractivity contribution in [2.75, 3.05) is 18.0 Å². The van der Waals surface area contributed by atoms with Crippen LogP contribution < -0.4 is 16.0 Å². The maximum Gasteiger partial charge on any atom is 0.239 e. The highest BCUT2D eigenvalue weighted by Gasteiger charge is 2.40. The number of carbonyl (C=O) groups is 2. The van der Waals surface area contributed by atoms with Crippen LogP contribution in [0.2, 0.25) is 0 Å². The van der Waals surface area contributed by atoms with Crippen LogP contribution in [0, 0.1) is 19.8 Å². The van der Waals surface area contributed by atoms with Crippen molar-refractivity contribution in [1.82, 2.24) is 5.32 Å². The van der Waals surface area contributed by atoms with Gasteiger partial charge < -0.3 is 16.0 Å². The van der Waals surface area contributed by atoms with E-state index in [1.165, 1.54) is 0 Å². The molecule has 1 aromatic rings. The SMILES string of the molecule is CCC(CC)(CN)NC(=O)C1CCN(c2cc(C)cc(C)c2)C1=O.Cl. The van der Waals surface area contributed by atoms with Gasteiger partial charge in [0.1, 0.15) is 5.92 Å². The van der Waals surface area contributed by atoms with Crippen LogP contribution in [0.15, 0.2) is 18.2 Å². The summed E-state index contributed by atoms with van der Waals surface area (Å²) in [6, 6.07) is 6.06. The van der Waals surface area contributed by atoms with E-state index in [9.17, 15) is 9.59 Å². The van der Waals surface area contributed by atoms with Crippen LogP contribution in [-0.2, 0) is 9.59 Å². The molecule has 2 rings (SSSR count). The van der Waals surface area contributed by atoms with Crippen molar-refractivity contribution in [1.29, 1.82) is 0 Å². The molecule has 0 radical (unpaired) electrons. The Kier molecular flexibility index (Phi) is 7.44. The number of aryl methyl sites for hydroxylation is 2. The Morgan fingerprint density at radius 2 is 1.80 bits per heavy atom. The molecule has 2 amide bonds. The first kappa shape index (κ1) is 21.5. The predicted octanol–water partition coefficient (Wildman–Crippen LogP) is 2.71. The maximum atomic E-state index is 12.8. The fourth-order valence-electron chi connectivity index (χ4n) is 3.40. The molecule has 1 heterocycles. The first-order valence-corrected chi connectivity index (χ1v) is 8.77. The van der Waals surface area contributed by atoms with Gasteiger partial charge in [-0.3, -0.25) is 9.59 Å². The lowest BCUT2D eigenvalue weighted by Gasteiger charge is -2.32. The van der Waals surface area contributed by atoms with Gasteiger partial charge in [0, 0.05) is 18.8 Å². The Morgan fingerprint density at radius 1 is 1.24 bits per heavy atom. The highest BCUT2D eigenvalue weighted by atomic mass is 35.5. The molecular formula is C19H30ClN3O2. The van der Waals surface area contributed by atoms with Gasteiger partial charge in [0.05, 0.1) is 5.54 Å². The fraction of sp³-hybridized carbons (Fsp3) is 0.579. The molecule has 1 aliphatic heterocycles. The van der Waals surface area contributed by atoms with E-state index in [2.05, 4.69) is 11.4 Å². The first-order chi connectivity index (χ1) is 11.4. The van der Waals surface area contributed by atoms with Crippen molar-refractivity contribution in [2.45, 2.75) is 52.5 Å². The molecule has 140 valence electrons. The largest absolute Gasteiger partial charge is 0.349 e. The van der Waals surface area contributed by atoms with E-state index in [0.29, 0.717) is 19.5 Å². The maximum absolute atomic E-state index is 12.8. The number of nitrogens with zero attached hydrogens (tertiary/aromatic N) is 1. The summed E-state index contributed by atoms with van der Waals surface area (Å²) in [7, 11) is 0. The minimum atomic E-state index is -0.616. The Balaban J connectivity index is 0.00000312. The molecule has 0 aromatic heterocycles. The van der Waals surface area contributed by atoms with Gasteiger partial charge >= 0.3 is 0 Å². The summed E-state index contributed by atoms with van der Waals surface area (Å²) in [6.07, 6.45) is 2.06. The lowest BCUT2D eigenvalue weighted by atomic mass is 9.91. The summed E-state index contributed by atoms with van der Waals surface area (Å²) in [5.41, 5.74) is 8.55. The van der Waals surface area contributed by atoms with E-state index in [4.69, 9.17) is 5.73 Å². The number of anilines is 1. The molecule has 25 heavy (non-hydrogen) atoms. The topological polar surface area (TPSA) is 75.4 Å². The van der Waals surface area contributed by atoms with E-state index < -0.39 is 11.5 Å². The molecule has 5 nitrogen and oxygen atoms in total. The lowest BCUT2D eigenvalue weighted by Crippen LogP contribution is -2.55. The van der Waals surface area contributed by atoms with E-state index in [-0.39, 0.29) is 24.2 Å². The van der Waals surface area contributed by atoms with Crippen molar-refractivity contribution >= 4 is 29.9 Å². The molecule has 0 bridgehead atoms. The van der Waals surface area contributed by atoms with E-state index in [0.717, 1.165) is 29.7 Å². The van der Waals surface area contributed by atoms with Gasteiger partial charge in [0.2, 0.25) is 11.8 Å². The molecular weight excluding hydrogens is 338 g/mol. The van der Waals surface area contributed by atoms with Crippen molar-refractivity contribution in [2.24, 2.45) is 11.7 Å². The molecule has 6 heteroatoms. The molecule has 0 spiro atoms. The Bertz CT molecular complexity index is 601. The number of hydrogen-bond acceptors (Lipinski definition) is 3. The average molecular weight is 368 g/mol. The number of nitrogens with two attached hydrogens (primary N) is 1. The highest BCUT2D eigenvalue weighted by Crippen LogP contribution is 2.28. The Labute approximate surface area is 156 Å². The van der Waals surface area contributed by atoms with Crippen LogP contribution >= 0.6 is 12.4 Å². The van der Waals surface area contributed by atoms with E-state index in [1.807, 2.05) is 39.8 Å². The summed E-state index contributed by atoms with van der Waals surface area (Å²) < 4.78 is 0. The molecule has 1 unspecified atom stereocenters. The highest BCUT2D eigenvalue weighted by molar-refractivity contribution is 6.09. The standard InChI is InChI=1S/C19H29N3O2.ClH/c1-5-19(6-2,12-20)21-17(23)16-7-8-22(18(16)24)15-10-13(3)9-14(4)11-15;/h9-11,16H,5-8,12,20H2,1-4H3,(H,21,23);1H. The predicted molar refractivity (Wildman–Crippen MR) is 104 cm³/mol. The Hall–Kier alpha value is -1.59. The van der Waals surface area contributed by atoms with Crippen LogP contribution in [0.5, 0.6) is 0 Å². The smallest absolute Gasteiger partial charge is 0.239 e. The second-order valence-corrected chi connectivity index (χ2v) is 6.86. The first-order valence-electron chi connectivity index (χ1n) is 8.77. The van der Waals surface area contributed by atoms with Crippen molar-refractivity contribution in [3.05, 3.63) is 29.3 Å². The third-order valence-corrected chi connectivity index (χ3v) is 5.17. The van der Waals surface area contributed by atoms with Gasteiger partial charge in [-0.1, -0.05) is 19.9 Å². The summed E-state index contributed by atoms with van der Waals surface area (Å²) in [5, 5.41) is 3.04. The van der Waals surface area contributed by atoms with Crippen LogP contribution in [0.25, 0.3) is 0 Å². The van der Waals surface area contributed by atoms with Crippen molar-refractivity contribution in [3.63, 3.8) is 0 Å². The van der Waals surface area contributed by atoms with Crippen molar-refractivity contribution < 1.29 is 9.59 Å². The average Bonchev–Trinajstić information content (AvgIpc) is 2.93. The third-order valence-electron chi connectivity index (χ3n) is 5.17. The second kappa shape index (κ2) is 8.68. The number of benzene rings is 1. The molecule has 3 N–H and O–H groups in total. The molecule has 1 aromatic carbocycles. The van der Waals surface area contributed by atoms with Gasteiger partial charge in [-0.15, -0.1) is 12.4 Å². The summed E-state index contributed by atoms with van der Waals surface area (Å²) in [6.45, 7) is 9.00. The zero-order chi connectivity index (χ0) is 17.9. The fourth-order valence-corrected chi connectivity index (χ4v) is 3.40. The van der Waals surface area contributed by atoms with Crippen LogP contribution in [0.1, 0.15) is 44.2 Å². The number of halogens is 1. The monoisotopic (exact) mass is 367 g/mol. The van der Waals surface area contributed by atoms with Gasteiger partial charge in [-0.05, 0) is 56.4 Å². The summed E-state index contributed by atoms with van der Waals surface area (Å²) >= 11 is 0. The quantitative estimate of drug-likeness (QED) is 0.759. The number of rotatable bonds is 6. The zero-order valence-corrected chi connectivity index (χ0v) is 16.4. The molecule has 1 saturated heterocycles. The van der Waals surface area contributed by atoms with E-state index >= 15 is 0 Å². The Morgan fingerprint density at radius 3 is 2.28 bits per heavy atom. The van der Waals surface area contributed by atoms with Gasteiger partial charge in [0.15, 0.2) is 0 Å². The van der Waals surface area contributed by atoms with Gasteiger partial charge in [-0.2, -0.15) is 0 Å². The van der Waals surface area contributed by atoms with Gasteiger partial charge in [0.25, 0.3) is 0 Å². The number of carbonyl (C=O) groups excluding carboxylic acids is 2. The van der Waals surface area contributed by atoms with Crippen molar-refractivity contribution in [3.8, 4) is 0 Å². The second-order valence-electron chi connectivity index (χ2n) is 6.86. The third kappa shape index (κ3) is 4.53. The minimum Gasteiger partial charge on any atom is -0.349 e. The molecule has 1 fully saturated rings. The van der Waals surface area contributed by atoms with Crippen LogP contribution in [0.3, 0.4) is 0 Å².